The maximum absolute atomic E-state index is 14.3. The van der Waals surface area contributed by atoms with E-state index in [0.717, 1.165) is 5.56 Å². The molecule has 1 aliphatic rings. The average molecular weight is 426 g/mol. The minimum atomic E-state index is -0.510. The molecule has 2 amide bonds. The number of hydrogen-bond donors (Lipinski definition) is 1. The van der Waals surface area contributed by atoms with Crippen molar-refractivity contribution in [1.82, 2.24) is 9.80 Å². The van der Waals surface area contributed by atoms with Gasteiger partial charge in [-0.2, -0.15) is 0 Å². The predicted molar refractivity (Wildman–Crippen MR) is 117 cm³/mol. The largest absolute Gasteiger partial charge is 0.484 e. The molecule has 1 heterocycles. The van der Waals surface area contributed by atoms with Gasteiger partial charge in [0.15, 0.2) is 0 Å². The first kappa shape index (κ1) is 22.5. The van der Waals surface area contributed by atoms with Crippen molar-refractivity contribution in [3.05, 3.63) is 77.6 Å². The molecule has 0 aliphatic carbocycles. The monoisotopic (exact) mass is 425 g/mol. The Morgan fingerprint density at radius 3 is 2.55 bits per heavy atom. The lowest BCUT2D eigenvalue weighted by Gasteiger charge is -2.40. The molecule has 1 unspecified atom stereocenters. The topological polar surface area (TPSA) is 75.9 Å². The van der Waals surface area contributed by atoms with Gasteiger partial charge in [0, 0.05) is 37.8 Å². The van der Waals surface area contributed by atoms with Crippen molar-refractivity contribution in [2.24, 2.45) is 5.73 Å². The number of hydrogen-bond acceptors (Lipinski definition) is 4. The smallest absolute Gasteiger partial charge is 0.248 e. The summed E-state index contributed by atoms with van der Waals surface area (Å²) < 4.78 is 20.5. The molecule has 2 aromatic rings. The van der Waals surface area contributed by atoms with E-state index in [2.05, 4.69) is 11.5 Å². The fourth-order valence-corrected chi connectivity index (χ4v) is 3.76. The van der Waals surface area contributed by atoms with Gasteiger partial charge in [0.25, 0.3) is 0 Å². The van der Waals surface area contributed by atoms with E-state index in [9.17, 15) is 14.0 Å². The van der Waals surface area contributed by atoms with E-state index < -0.39 is 12.0 Å². The summed E-state index contributed by atoms with van der Waals surface area (Å²) in [7, 11) is 0. The van der Waals surface area contributed by atoms with Crippen LogP contribution in [0.3, 0.4) is 0 Å². The molecule has 1 fully saturated rings. The van der Waals surface area contributed by atoms with Gasteiger partial charge in [0.2, 0.25) is 11.8 Å². The highest BCUT2D eigenvalue weighted by Gasteiger charge is 2.28. The SMILES string of the molecule is C=CC(=O)N1CCN(CC(Oc2ccc(C(N)=O)cc2)c2ccc(C)c(F)c2)C[C@H]1C. The van der Waals surface area contributed by atoms with Crippen molar-refractivity contribution in [3.8, 4) is 5.75 Å². The van der Waals surface area contributed by atoms with E-state index in [1.807, 2.05) is 13.0 Å². The number of piperazine rings is 1. The lowest BCUT2D eigenvalue weighted by atomic mass is 10.0. The standard InChI is InChI=1S/C24H28FN3O3/c1-4-23(29)28-12-11-27(14-17(28)3)15-22(19-6-5-16(2)21(25)13-19)31-20-9-7-18(8-10-20)24(26)30/h4-10,13,17,22H,1,11-12,14-15H2,2-3H3,(H2,26,30)/t17-,22?/m1/s1. The fourth-order valence-electron chi connectivity index (χ4n) is 3.76. The molecule has 0 saturated carbocycles. The second-order valence-corrected chi connectivity index (χ2v) is 7.85. The number of nitrogens with two attached hydrogens (primary N) is 1. The van der Waals surface area contributed by atoms with Crippen molar-refractivity contribution in [2.75, 3.05) is 26.2 Å². The van der Waals surface area contributed by atoms with Crippen LogP contribution in [0.1, 0.15) is 34.5 Å². The minimum absolute atomic E-state index is 0.0319. The van der Waals surface area contributed by atoms with Gasteiger partial charge < -0.3 is 15.4 Å². The fraction of sp³-hybridized carbons (Fsp3) is 0.333. The average Bonchev–Trinajstić information content (AvgIpc) is 2.75. The molecule has 2 N–H and O–H groups in total. The first-order valence-electron chi connectivity index (χ1n) is 10.3. The Balaban J connectivity index is 1.79. The molecule has 1 saturated heterocycles. The Kier molecular flexibility index (Phi) is 7.07. The Bertz CT molecular complexity index is 961. The van der Waals surface area contributed by atoms with Crippen molar-refractivity contribution in [1.29, 1.82) is 0 Å². The molecule has 0 aromatic heterocycles. The molecule has 0 radical (unpaired) electrons. The lowest BCUT2D eigenvalue weighted by Crippen LogP contribution is -2.54. The number of rotatable bonds is 7. The summed E-state index contributed by atoms with van der Waals surface area (Å²) in [6.45, 7) is 9.76. The second kappa shape index (κ2) is 9.75. The maximum atomic E-state index is 14.3. The third-order valence-electron chi connectivity index (χ3n) is 5.58. The molecule has 6 nitrogen and oxygen atoms in total. The van der Waals surface area contributed by atoms with Gasteiger partial charge in [-0.15, -0.1) is 0 Å². The lowest BCUT2D eigenvalue weighted by molar-refractivity contribution is -0.130. The number of nitrogens with zero attached hydrogens (tertiary/aromatic N) is 2. The second-order valence-electron chi connectivity index (χ2n) is 7.85. The van der Waals surface area contributed by atoms with Crippen LogP contribution >= 0.6 is 0 Å². The van der Waals surface area contributed by atoms with Crippen molar-refractivity contribution < 1.29 is 18.7 Å². The Morgan fingerprint density at radius 2 is 1.97 bits per heavy atom. The summed E-state index contributed by atoms with van der Waals surface area (Å²) in [5.74, 6) is -0.311. The number of halogens is 1. The van der Waals surface area contributed by atoms with Crippen LogP contribution in [0.15, 0.2) is 55.1 Å². The van der Waals surface area contributed by atoms with Crippen LogP contribution in [0, 0.1) is 12.7 Å². The first-order valence-corrected chi connectivity index (χ1v) is 10.3. The summed E-state index contributed by atoms with van der Waals surface area (Å²) in [4.78, 5) is 27.3. The number of amides is 2. The zero-order valence-electron chi connectivity index (χ0n) is 17.9. The molecule has 0 spiro atoms. The van der Waals surface area contributed by atoms with Crippen LogP contribution in [0.25, 0.3) is 0 Å². The van der Waals surface area contributed by atoms with E-state index in [-0.39, 0.29) is 17.8 Å². The summed E-state index contributed by atoms with van der Waals surface area (Å²) in [5, 5.41) is 0. The summed E-state index contributed by atoms with van der Waals surface area (Å²) in [5.41, 5.74) is 6.98. The Morgan fingerprint density at radius 1 is 1.26 bits per heavy atom. The summed E-state index contributed by atoms with van der Waals surface area (Å²) in [6, 6.07) is 11.7. The Hall–Kier alpha value is -3.19. The molecule has 164 valence electrons. The van der Waals surface area contributed by atoms with Gasteiger partial charge in [-0.25, -0.2) is 4.39 Å². The molecule has 7 heteroatoms. The number of ether oxygens (including phenoxy) is 1. The number of benzene rings is 2. The van der Waals surface area contributed by atoms with Crippen LogP contribution in [-0.4, -0.2) is 53.8 Å². The van der Waals surface area contributed by atoms with Gasteiger partial charge >= 0.3 is 0 Å². The molecule has 2 atom stereocenters. The van der Waals surface area contributed by atoms with E-state index in [0.29, 0.717) is 43.1 Å². The number of carbonyl (C=O) groups excluding carboxylic acids is 2. The number of primary amides is 1. The van der Waals surface area contributed by atoms with Crippen molar-refractivity contribution in [3.63, 3.8) is 0 Å². The minimum Gasteiger partial charge on any atom is -0.484 e. The molecule has 3 rings (SSSR count). The highest BCUT2D eigenvalue weighted by atomic mass is 19.1. The predicted octanol–water partition coefficient (Wildman–Crippen LogP) is 3.07. The highest BCUT2D eigenvalue weighted by Crippen LogP contribution is 2.26. The van der Waals surface area contributed by atoms with Crippen LogP contribution in [0.4, 0.5) is 4.39 Å². The van der Waals surface area contributed by atoms with Gasteiger partial charge in [-0.1, -0.05) is 18.7 Å². The van der Waals surface area contributed by atoms with Crippen LogP contribution in [0.5, 0.6) is 5.75 Å². The Labute approximate surface area is 182 Å². The van der Waals surface area contributed by atoms with Crippen LogP contribution < -0.4 is 10.5 Å². The van der Waals surface area contributed by atoms with Crippen LogP contribution in [0.2, 0.25) is 0 Å². The maximum Gasteiger partial charge on any atom is 0.248 e. The molecule has 31 heavy (non-hydrogen) atoms. The third kappa shape index (κ3) is 5.49. The quantitative estimate of drug-likeness (QED) is 0.692. The molecule has 0 bridgehead atoms. The molecular formula is C24H28FN3O3. The van der Waals surface area contributed by atoms with E-state index >= 15 is 0 Å². The van der Waals surface area contributed by atoms with E-state index in [1.54, 1.807) is 42.2 Å². The van der Waals surface area contributed by atoms with Crippen molar-refractivity contribution in [2.45, 2.75) is 26.0 Å². The molecule has 1 aliphatic heterocycles. The zero-order valence-corrected chi connectivity index (χ0v) is 17.9. The number of aryl methyl sites for hydroxylation is 1. The molecule has 2 aromatic carbocycles. The van der Waals surface area contributed by atoms with Gasteiger partial charge in [0.1, 0.15) is 17.7 Å². The van der Waals surface area contributed by atoms with Gasteiger partial charge in [-0.3, -0.25) is 14.5 Å². The van der Waals surface area contributed by atoms with Gasteiger partial charge in [-0.05, 0) is 61.4 Å². The third-order valence-corrected chi connectivity index (χ3v) is 5.58. The highest BCUT2D eigenvalue weighted by molar-refractivity contribution is 5.92. The summed E-state index contributed by atoms with van der Waals surface area (Å²) >= 11 is 0. The summed E-state index contributed by atoms with van der Waals surface area (Å²) in [6.07, 6.45) is 0.909. The zero-order chi connectivity index (χ0) is 22.5. The number of carbonyl (C=O) groups is 2. The molecular weight excluding hydrogens is 397 g/mol. The first-order chi connectivity index (χ1) is 14.8. The normalized spacial score (nSPS) is 17.8. The van der Waals surface area contributed by atoms with Crippen LogP contribution in [-0.2, 0) is 4.79 Å². The van der Waals surface area contributed by atoms with E-state index in [4.69, 9.17) is 10.5 Å². The van der Waals surface area contributed by atoms with Gasteiger partial charge in [0.05, 0.1) is 0 Å². The van der Waals surface area contributed by atoms with E-state index in [1.165, 1.54) is 12.1 Å². The van der Waals surface area contributed by atoms with Crippen molar-refractivity contribution >= 4 is 11.8 Å².